The summed E-state index contributed by atoms with van der Waals surface area (Å²) < 4.78 is 5.97. The summed E-state index contributed by atoms with van der Waals surface area (Å²) in [5, 5.41) is 2.66. The van der Waals surface area contributed by atoms with Gasteiger partial charge in [-0.15, -0.1) is 6.58 Å². The van der Waals surface area contributed by atoms with Gasteiger partial charge in [0, 0.05) is 37.1 Å². The first-order valence-corrected chi connectivity index (χ1v) is 7.90. The molecule has 0 spiro atoms. The van der Waals surface area contributed by atoms with E-state index in [1.807, 2.05) is 23.7 Å². The fraction of sp³-hybridized carbons (Fsp3) is 0.375. The van der Waals surface area contributed by atoms with Crippen LogP contribution in [0.4, 0.5) is 0 Å². The van der Waals surface area contributed by atoms with Gasteiger partial charge < -0.3 is 4.74 Å². The number of rotatable bonds is 9. The molecule has 0 unspecified atom stereocenters. The highest BCUT2D eigenvalue weighted by Gasteiger charge is 2.14. The van der Waals surface area contributed by atoms with E-state index < -0.39 is 0 Å². The molecule has 112 valence electrons. The maximum absolute atomic E-state index is 5.97. The predicted molar refractivity (Wildman–Crippen MR) is 86.5 cm³/mol. The third-order valence-electron chi connectivity index (χ3n) is 3.06. The molecule has 0 aromatic carbocycles. The molecule has 0 aliphatic rings. The smallest absolute Gasteiger partial charge is 0.273 e. The third kappa shape index (κ3) is 5.65. The summed E-state index contributed by atoms with van der Waals surface area (Å²) in [4.78, 5) is 10.6. The lowest BCUT2D eigenvalue weighted by Gasteiger charge is -2.23. The first kappa shape index (κ1) is 15.7. The molecule has 0 bridgehead atoms. The monoisotopic (exact) mass is 303 g/mol. The standard InChI is InChI=1S/C16H21N3OS/c1-3-4-7-15(20-16-18-9-10-21-16)13-19(2)12-14-6-5-8-17-11-14/h3,5-6,8-11,15H,1,4,7,12-13H2,2H3/t15-/m0/s1. The van der Waals surface area contributed by atoms with Gasteiger partial charge >= 0.3 is 0 Å². The van der Waals surface area contributed by atoms with E-state index in [0.717, 1.165) is 31.1 Å². The lowest BCUT2D eigenvalue weighted by molar-refractivity contribution is 0.136. The zero-order valence-electron chi connectivity index (χ0n) is 12.3. The van der Waals surface area contributed by atoms with Crippen molar-refractivity contribution in [1.29, 1.82) is 0 Å². The van der Waals surface area contributed by atoms with Gasteiger partial charge in [-0.05, 0) is 31.5 Å². The van der Waals surface area contributed by atoms with E-state index in [-0.39, 0.29) is 6.10 Å². The minimum atomic E-state index is 0.121. The summed E-state index contributed by atoms with van der Waals surface area (Å²) in [7, 11) is 2.10. The summed E-state index contributed by atoms with van der Waals surface area (Å²) >= 11 is 1.53. The fourth-order valence-corrected chi connectivity index (χ4v) is 2.67. The second kappa shape index (κ2) is 8.54. The normalized spacial score (nSPS) is 12.3. The molecule has 0 amide bonds. The number of allylic oxidation sites excluding steroid dienone is 1. The predicted octanol–water partition coefficient (Wildman–Crippen LogP) is 3.38. The summed E-state index contributed by atoms with van der Waals surface area (Å²) in [5.74, 6) is 0. The van der Waals surface area contributed by atoms with Gasteiger partial charge in [0.25, 0.3) is 5.19 Å². The Bertz CT molecular complexity index is 516. The van der Waals surface area contributed by atoms with Crippen LogP contribution in [0.3, 0.4) is 0 Å². The molecule has 4 nitrogen and oxygen atoms in total. The van der Waals surface area contributed by atoms with Crippen molar-refractivity contribution in [3.63, 3.8) is 0 Å². The number of aromatic nitrogens is 2. The van der Waals surface area contributed by atoms with E-state index in [1.165, 1.54) is 16.9 Å². The fourth-order valence-electron chi connectivity index (χ4n) is 2.12. The van der Waals surface area contributed by atoms with Gasteiger partial charge in [-0.25, -0.2) is 4.98 Å². The van der Waals surface area contributed by atoms with Gasteiger partial charge in [0.2, 0.25) is 0 Å². The van der Waals surface area contributed by atoms with Crippen LogP contribution in [0.25, 0.3) is 0 Å². The van der Waals surface area contributed by atoms with Gasteiger partial charge in [0.15, 0.2) is 0 Å². The van der Waals surface area contributed by atoms with Crippen molar-refractivity contribution in [3.8, 4) is 5.19 Å². The lowest BCUT2D eigenvalue weighted by Crippen LogP contribution is -2.32. The molecule has 21 heavy (non-hydrogen) atoms. The summed E-state index contributed by atoms with van der Waals surface area (Å²) in [6, 6.07) is 4.05. The molecule has 0 aliphatic carbocycles. The van der Waals surface area contributed by atoms with Crippen LogP contribution in [0, 0.1) is 0 Å². The number of ether oxygens (including phenoxy) is 1. The largest absolute Gasteiger partial charge is 0.465 e. The Morgan fingerprint density at radius 2 is 2.38 bits per heavy atom. The van der Waals surface area contributed by atoms with Crippen LogP contribution in [0.15, 0.2) is 48.8 Å². The number of pyridine rings is 1. The van der Waals surface area contributed by atoms with Crippen LogP contribution in [0.2, 0.25) is 0 Å². The van der Waals surface area contributed by atoms with Crippen LogP contribution in [0.1, 0.15) is 18.4 Å². The molecule has 1 atom stereocenters. The van der Waals surface area contributed by atoms with E-state index in [1.54, 1.807) is 12.4 Å². The van der Waals surface area contributed by atoms with Gasteiger partial charge in [0.05, 0.1) is 0 Å². The Morgan fingerprint density at radius 1 is 1.48 bits per heavy atom. The zero-order valence-corrected chi connectivity index (χ0v) is 13.1. The minimum Gasteiger partial charge on any atom is -0.465 e. The average Bonchev–Trinajstić information content (AvgIpc) is 2.98. The molecule has 2 heterocycles. The molecule has 5 heteroatoms. The lowest BCUT2D eigenvalue weighted by atomic mass is 10.1. The summed E-state index contributed by atoms with van der Waals surface area (Å²) in [6.45, 7) is 5.50. The van der Waals surface area contributed by atoms with Crippen molar-refractivity contribution in [2.45, 2.75) is 25.5 Å². The first-order chi connectivity index (χ1) is 10.3. The Balaban J connectivity index is 1.89. The van der Waals surface area contributed by atoms with Crippen LogP contribution >= 0.6 is 11.3 Å². The highest BCUT2D eigenvalue weighted by Crippen LogP contribution is 2.18. The zero-order chi connectivity index (χ0) is 14.9. The van der Waals surface area contributed by atoms with Crippen LogP contribution < -0.4 is 4.74 Å². The van der Waals surface area contributed by atoms with Crippen molar-refractivity contribution < 1.29 is 4.74 Å². The summed E-state index contributed by atoms with van der Waals surface area (Å²) in [6.07, 6.45) is 9.40. The number of thiazole rings is 1. The molecular weight excluding hydrogens is 282 g/mol. The topological polar surface area (TPSA) is 38.2 Å². The molecule has 0 fully saturated rings. The van der Waals surface area contributed by atoms with Gasteiger partial charge in [-0.1, -0.05) is 23.5 Å². The molecule has 0 saturated heterocycles. The molecule has 2 aromatic heterocycles. The summed E-state index contributed by atoms with van der Waals surface area (Å²) in [5.41, 5.74) is 1.21. The molecule has 2 aromatic rings. The second-order valence-corrected chi connectivity index (χ2v) is 5.82. The Hall–Kier alpha value is -1.72. The number of hydrogen-bond donors (Lipinski definition) is 0. The molecule has 0 saturated carbocycles. The number of hydrogen-bond acceptors (Lipinski definition) is 5. The molecular formula is C16H21N3OS. The van der Waals surface area contributed by atoms with Crippen LogP contribution in [0.5, 0.6) is 5.19 Å². The van der Waals surface area contributed by atoms with Gasteiger partial charge in [0.1, 0.15) is 6.10 Å². The van der Waals surface area contributed by atoms with Crippen LogP contribution in [-0.2, 0) is 6.54 Å². The van der Waals surface area contributed by atoms with Crippen molar-refractivity contribution in [2.24, 2.45) is 0 Å². The highest BCUT2D eigenvalue weighted by atomic mass is 32.1. The maximum atomic E-state index is 5.97. The van der Waals surface area contributed by atoms with Gasteiger partial charge in [-0.2, -0.15) is 0 Å². The van der Waals surface area contributed by atoms with Crippen molar-refractivity contribution >= 4 is 11.3 Å². The number of likely N-dealkylation sites (N-methyl/N-ethyl adjacent to an activating group) is 1. The van der Waals surface area contributed by atoms with Crippen LogP contribution in [-0.4, -0.2) is 34.6 Å². The first-order valence-electron chi connectivity index (χ1n) is 7.02. The minimum absolute atomic E-state index is 0.121. The third-order valence-corrected chi connectivity index (χ3v) is 3.72. The van der Waals surface area contributed by atoms with Crippen molar-refractivity contribution in [3.05, 3.63) is 54.3 Å². The molecule has 0 aliphatic heterocycles. The van der Waals surface area contributed by atoms with E-state index in [0.29, 0.717) is 0 Å². The van der Waals surface area contributed by atoms with E-state index >= 15 is 0 Å². The van der Waals surface area contributed by atoms with E-state index in [4.69, 9.17) is 4.74 Å². The maximum Gasteiger partial charge on any atom is 0.273 e. The Morgan fingerprint density at radius 3 is 3.05 bits per heavy atom. The Labute approximate surface area is 130 Å². The second-order valence-electron chi connectivity index (χ2n) is 4.96. The van der Waals surface area contributed by atoms with E-state index in [9.17, 15) is 0 Å². The average molecular weight is 303 g/mol. The van der Waals surface area contributed by atoms with E-state index in [2.05, 4.69) is 34.6 Å². The molecule has 2 rings (SSSR count). The van der Waals surface area contributed by atoms with Crippen molar-refractivity contribution in [2.75, 3.05) is 13.6 Å². The number of nitrogens with zero attached hydrogens (tertiary/aromatic N) is 3. The Kier molecular flexibility index (Phi) is 6.37. The SMILES string of the molecule is C=CCC[C@@H](CN(C)Cc1cccnc1)Oc1nccs1. The molecule has 0 radical (unpaired) electrons. The quantitative estimate of drug-likeness (QED) is 0.666. The molecule has 0 N–H and O–H groups in total. The van der Waals surface area contributed by atoms with Crippen molar-refractivity contribution in [1.82, 2.24) is 14.9 Å². The highest BCUT2D eigenvalue weighted by molar-refractivity contribution is 7.11. The van der Waals surface area contributed by atoms with Gasteiger partial charge in [-0.3, -0.25) is 9.88 Å².